The van der Waals surface area contributed by atoms with E-state index in [-0.39, 0.29) is 5.69 Å². The molecule has 1 aromatic rings. The van der Waals surface area contributed by atoms with Gasteiger partial charge in [-0.3, -0.25) is 0 Å². The maximum absolute atomic E-state index is 10.6. The lowest BCUT2D eigenvalue weighted by molar-refractivity contribution is 0.0690. The summed E-state index contributed by atoms with van der Waals surface area (Å²) < 4.78 is 0. The number of aromatic carboxylic acids is 1. The molecule has 1 aromatic heterocycles. The fourth-order valence-electron chi connectivity index (χ4n) is 1.37. The number of carboxylic acid groups (broad SMARTS) is 1. The molecule has 15 heavy (non-hydrogen) atoms. The van der Waals surface area contributed by atoms with Crippen molar-refractivity contribution in [2.45, 2.75) is 26.8 Å². The molecule has 0 fully saturated rings. The second-order valence-electron chi connectivity index (χ2n) is 3.44. The number of hydrogen-bond donors (Lipinski definition) is 1. The summed E-state index contributed by atoms with van der Waals surface area (Å²) in [6.45, 7) is 6.94. The summed E-state index contributed by atoms with van der Waals surface area (Å²) in [6, 6.07) is 0.319. The molecule has 0 aliphatic carbocycles. The van der Waals surface area contributed by atoms with Crippen LogP contribution in [0.1, 0.15) is 31.3 Å². The zero-order valence-corrected chi connectivity index (χ0v) is 9.14. The molecule has 1 heterocycles. The predicted octanol–water partition coefficient (Wildman–Crippen LogP) is 1.41. The van der Waals surface area contributed by atoms with E-state index in [1.54, 1.807) is 0 Å². The van der Waals surface area contributed by atoms with E-state index in [2.05, 4.69) is 23.8 Å². The van der Waals surface area contributed by atoms with Gasteiger partial charge in [0.05, 0.1) is 12.4 Å². The molecular formula is C10H15N3O2. The van der Waals surface area contributed by atoms with Crippen molar-refractivity contribution in [2.24, 2.45) is 0 Å². The first-order chi connectivity index (χ1) is 7.06. The minimum absolute atomic E-state index is 0.0291. The lowest BCUT2D eigenvalue weighted by Crippen LogP contribution is -2.31. The van der Waals surface area contributed by atoms with Gasteiger partial charge in [0.1, 0.15) is 5.82 Å². The quantitative estimate of drug-likeness (QED) is 0.812. The van der Waals surface area contributed by atoms with Crippen LogP contribution in [0, 0.1) is 0 Å². The third-order valence-electron chi connectivity index (χ3n) is 2.12. The summed E-state index contributed by atoms with van der Waals surface area (Å²) >= 11 is 0. The first kappa shape index (κ1) is 11.4. The van der Waals surface area contributed by atoms with E-state index in [9.17, 15) is 4.79 Å². The van der Waals surface area contributed by atoms with Crippen LogP contribution in [0.5, 0.6) is 0 Å². The zero-order valence-electron chi connectivity index (χ0n) is 9.14. The molecular weight excluding hydrogens is 194 g/mol. The fraction of sp³-hybridized carbons (Fsp3) is 0.500. The number of rotatable bonds is 4. The van der Waals surface area contributed by atoms with Crippen molar-refractivity contribution in [3.05, 3.63) is 18.1 Å². The predicted molar refractivity (Wildman–Crippen MR) is 57.1 cm³/mol. The van der Waals surface area contributed by atoms with E-state index in [1.165, 1.54) is 12.4 Å². The summed E-state index contributed by atoms with van der Waals surface area (Å²) in [5, 5.41) is 8.66. The van der Waals surface area contributed by atoms with Gasteiger partial charge in [-0.2, -0.15) is 0 Å². The maximum Gasteiger partial charge on any atom is 0.356 e. The normalized spacial score (nSPS) is 10.4. The Bertz CT molecular complexity index is 335. The van der Waals surface area contributed by atoms with Crippen molar-refractivity contribution in [1.29, 1.82) is 0 Å². The highest BCUT2D eigenvalue weighted by atomic mass is 16.4. The molecule has 5 heteroatoms. The molecule has 0 spiro atoms. The van der Waals surface area contributed by atoms with E-state index in [0.717, 1.165) is 6.54 Å². The molecule has 0 bridgehead atoms. The Kier molecular flexibility index (Phi) is 3.60. The maximum atomic E-state index is 10.6. The number of carbonyl (C=O) groups is 1. The summed E-state index contributed by atoms with van der Waals surface area (Å²) in [5.41, 5.74) is -0.0291. The van der Waals surface area contributed by atoms with E-state index < -0.39 is 5.97 Å². The van der Waals surface area contributed by atoms with Crippen LogP contribution in [0.4, 0.5) is 5.82 Å². The van der Waals surface area contributed by atoms with Crippen molar-refractivity contribution in [3.8, 4) is 0 Å². The van der Waals surface area contributed by atoms with Crippen molar-refractivity contribution >= 4 is 11.8 Å². The number of carboxylic acids is 1. The molecule has 5 nitrogen and oxygen atoms in total. The molecule has 0 atom stereocenters. The molecule has 1 N–H and O–H groups in total. The third-order valence-corrected chi connectivity index (χ3v) is 2.12. The largest absolute Gasteiger partial charge is 0.476 e. The molecule has 0 saturated carbocycles. The van der Waals surface area contributed by atoms with E-state index >= 15 is 0 Å². The van der Waals surface area contributed by atoms with Crippen LogP contribution < -0.4 is 4.90 Å². The number of nitrogens with zero attached hydrogens (tertiary/aromatic N) is 3. The van der Waals surface area contributed by atoms with Crippen LogP contribution >= 0.6 is 0 Å². The lowest BCUT2D eigenvalue weighted by atomic mass is 10.3. The van der Waals surface area contributed by atoms with Gasteiger partial charge in [0.2, 0.25) is 0 Å². The Labute approximate surface area is 88.8 Å². The Morgan fingerprint density at radius 2 is 2.13 bits per heavy atom. The topological polar surface area (TPSA) is 66.3 Å². The SMILES string of the molecule is CCN(c1cnc(C(=O)O)cn1)C(C)C. The van der Waals surface area contributed by atoms with Crippen LogP contribution in [0.3, 0.4) is 0 Å². The van der Waals surface area contributed by atoms with Crippen LogP contribution in [0.2, 0.25) is 0 Å². The van der Waals surface area contributed by atoms with Gasteiger partial charge < -0.3 is 10.0 Å². The average Bonchev–Trinajstić information content (AvgIpc) is 2.19. The van der Waals surface area contributed by atoms with Gasteiger partial charge in [0.25, 0.3) is 0 Å². The second kappa shape index (κ2) is 4.72. The summed E-state index contributed by atoms with van der Waals surface area (Å²) in [5.74, 6) is -0.348. The van der Waals surface area contributed by atoms with Gasteiger partial charge in [0, 0.05) is 12.6 Å². The van der Waals surface area contributed by atoms with E-state index in [1.807, 2.05) is 11.8 Å². The molecule has 0 radical (unpaired) electrons. The van der Waals surface area contributed by atoms with Gasteiger partial charge in [-0.25, -0.2) is 14.8 Å². The third kappa shape index (κ3) is 2.65. The Hall–Kier alpha value is -1.65. The Morgan fingerprint density at radius 1 is 1.47 bits per heavy atom. The summed E-state index contributed by atoms with van der Waals surface area (Å²) in [6.07, 6.45) is 2.77. The molecule has 82 valence electrons. The second-order valence-corrected chi connectivity index (χ2v) is 3.44. The van der Waals surface area contributed by atoms with Crippen LogP contribution in [-0.4, -0.2) is 33.6 Å². The van der Waals surface area contributed by atoms with E-state index in [4.69, 9.17) is 5.11 Å². The van der Waals surface area contributed by atoms with Gasteiger partial charge in [-0.1, -0.05) is 0 Å². The van der Waals surface area contributed by atoms with Gasteiger partial charge in [-0.05, 0) is 20.8 Å². The Balaban J connectivity index is 2.92. The highest BCUT2D eigenvalue weighted by molar-refractivity contribution is 5.84. The molecule has 0 amide bonds. The van der Waals surface area contributed by atoms with Crippen molar-refractivity contribution in [1.82, 2.24) is 9.97 Å². The molecule has 0 unspecified atom stereocenters. The minimum atomic E-state index is -1.05. The standard InChI is InChI=1S/C10H15N3O2/c1-4-13(7(2)3)9-6-11-8(5-12-9)10(14)15/h5-7H,4H2,1-3H3,(H,14,15). The first-order valence-electron chi connectivity index (χ1n) is 4.88. The van der Waals surface area contributed by atoms with E-state index in [0.29, 0.717) is 11.9 Å². The molecule has 0 aliphatic heterocycles. The molecule has 0 aromatic carbocycles. The number of hydrogen-bond acceptors (Lipinski definition) is 4. The number of anilines is 1. The average molecular weight is 209 g/mol. The van der Waals surface area contributed by atoms with Crippen LogP contribution in [-0.2, 0) is 0 Å². The number of aromatic nitrogens is 2. The fourth-order valence-corrected chi connectivity index (χ4v) is 1.37. The van der Waals surface area contributed by atoms with Crippen molar-refractivity contribution in [2.75, 3.05) is 11.4 Å². The first-order valence-corrected chi connectivity index (χ1v) is 4.88. The minimum Gasteiger partial charge on any atom is -0.476 e. The van der Waals surface area contributed by atoms with Crippen molar-refractivity contribution in [3.63, 3.8) is 0 Å². The molecule has 1 rings (SSSR count). The van der Waals surface area contributed by atoms with Gasteiger partial charge in [0.15, 0.2) is 5.69 Å². The molecule has 0 aliphatic rings. The van der Waals surface area contributed by atoms with Crippen LogP contribution in [0.25, 0.3) is 0 Å². The summed E-state index contributed by atoms with van der Waals surface area (Å²) in [7, 11) is 0. The highest BCUT2D eigenvalue weighted by Crippen LogP contribution is 2.11. The van der Waals surface area contributed by atoms with Crippen molar-refractivity contribution < 1.29 is 9.90 Å². The lowest BCUT2D eigenvalue weighted by Gasteiger charge is -2.25. The van der Waals surface area contributed by atoms with Gasteiger partial charge in [-0.15, -0.1) is 0 Å². The highest BCUT2D eigenvalue weighted by Gasteiger charge is 2.11. The Morgan fingerprint density at radius 3 is 2.47 bits per heavy atom. The van der Waals surface area contributed by atoms with Crippen LogP contribution in [0.15, 0.2) is 12.4 Å². The smallest absolute Gasteiger partial charge is 0.356 e. The monoisotopic (exact) mass is 209 g/mol. The zero-order chi connectivity index (χ0) is 11.4. The molecule has 0 saturated heterocycles. The van der Waals surface area contributed by atoms with Gasteiger partial charge >= 0.3 is 5.97 Å². The summed E-state index contributed by atoms with van der Waals surface area (Å²) in [4.78, 5) is 20.5.